The van der Waals surface area contributed by atoms with E-state index in [-0.39, 0.29) is 0 Å². The molecule has 0 heterocycles. The molecule has 0 aliphatic carbocycles. The van der Waals surface area contributed by atoms with Crippen molar-refractivity contribution in [3.63, 3.8) is 0 Å². The summed E-state index contributed by atoms with van der Waals surface area (Å²) in [6, 6.07) is 0. The van der Waals surface area contributed by atoms with E-state index in [9.17, 15) is 0 Å². The molecule has 0 bridgehead atoms. The van der Waals surface area contributed by atoms with Gasteiger partial charge < -0.3 is 0 Å². The summed E-state index contributed by atoms with van der Waals surface area (Å²) in [6.07, 6.45) is 0. The van der Waals surface area contributed by atoms with Crippen LogP contribution in [0, 0.1) is 13.8 Å². The van der Waals surface area contributed by atoms with Gasteiger partial charge in [0, 0.05) is 0 Å². The van der Waals surface area contributed by atoms with Crippen LogP contribution in [-0.2, 0) is 0 Å². The fourth-order valence-corrected chi connectivity index (χ4v) is 3.23. The molecule has 0 saturated carbocycles. The summed E-state index contributed by atoms with van der Waals surface area (Å²) >= 11 is 0. The quantitative estimate of drug-likeness (QED) is 0.446. The minimum Gasteiger partial charge on any atom is -0.111 e. The lowest BCUT2D eigenvalue weighted by atomic mass is 9.00. The highest BCUT2D eigenvalue weighted by atomic mass is 14.1. The SMILES string of the molecule is BBB(B)c1c(C)c(C)c(B)c(BB)c1B(B)B. The maximum Gasteiger partial charge on any atom is 0.138 e. The highest BCUT2D eigenvalue weighted by Crippen LogP contribution is 1.99. The van der Waals surface area contributed by atoms with Crippen LogP contribution in [0.15, 0.2) is 0 Å². The summed E-state index contributed by atoms with van der Waals surface area (Å²) in [6.45, 7) is 5.91. The Morgan fingerprint density at radius 1 is 0.944 bits per heavy atom. The molecule has 18 heavy (non-hydrogen) atoms. The zero-order valence-electron chi connectivity index (χ0n) is 13.6. The van der Waals surface area contributed by atoms with Gasteiger partial charge in [0.25, 0.3) is 0 Å². The molecule has 0 N–H and O–H groups in total. The summed E-state index contributed by atoms with van der Waals surface area (Å²) in [7, 11) is 16.3. The van der Waals surface area contributed by atoms with Gasteiger partial charge in [0.05, 0.1) is 58.7 Å². The molecule has 1 rings (SSSR count). The highest BCUT2D eigenvalue weighted by Gasteiger charge is 2.22. The first-order chi connectivity index (χ1) is 8.36. The van der Waals surface area contributed by atoms with Crippen molar-refractivity contribution in [1.29, 1.82) is 0 Å². The molecule has 0 aliphatic rings. The Labute approximate surface area is 121 Å². The Bertz CT molecular complexity index is 442. The molecule has 82 valence electrons. The summed E-state index contributed by atoms with van der Waals surface area (Å²) in [5.41, 5.74) is 9.42. The van der Waals surface area contributed by atoms with E-state index in [1.807, 2.05) is 0 Å². The van der Waals surface area contributed by atoms with Crippen LogP contribution in [0.3, 0.4) is 0 Å². The average molecular weight is 224 g/mol. The van der Waals surface area contributed by atoms with Gasteiger partial charge in [-0.25, -0.2) is 0 Å². The van der Waals surface area contributed by atoms with Crippen LogP contribution in [0.5, 0.6) is 0 Å². The van der Waals surface area contributed by atoms with E-state index in [1.165, 1.54) is 23.7 Å². The van der Waals surface area contributed by atoms with Crippen molar-refractivity contribution in [1.82, 2.24) is 0 Å². The predicted octanol–water partition coefficient (Wildman–Crippen LogP) is -8.55. The Balaban J connectivity index is 3.71. The number of rotatable bonds is 4. The molecule has 0 aromatic heterocycles. The normalized spacial score (nSPS) is 9.89. The summed E-state index contributed by atoms with van der Waals surface area (Å²) in [4.78, 5) is 0. The van der Waals surface area contributed by atoms with Crippen LogP contribution < -0.4 is 21.9 Å². The average Bonchev–Trinajstić information content (AvgIpc) is 2.34. The van der Waals surface area contributed by atoms with Crippen molar-refractivity contribution in [2.24, 2.45) is 0 Å². The van der Waals surface area contributed by atoms with Gasteiger partial charge in [0.15, 0.2) is 0 Å². The second-order valence-corrected chi connectivity index (χ2v) is 6.00. The van der Waals surface area contributed by atoms with Crippen LogP contribution in [0.4, 0.5) is 0 Å². The Hall–Kier alpha value is -0.131. The van der Waals surface area contributed by atoms with E-state index < -0.39 is 0 Å². The zero-order chi connectivity index (χ0) is 14.0. The predicted molar refractivity (Wildman–Crippen MR) is 112 cm³/mol. The Kier molecular flexibility index (Phi) is 5.62. The molecule has 0 spiro atoms. The standard InChI is InChI=1S/C8H20B10/c1-3-4(2)7(18(14)16-11)8(17(12)13)6(15-10)5(3)9/h15-16H,9-14H2,1-2H3. The van der Waals surface area contributed by atoms with Crippen molar-refractivity contribution < 1.29 is 0 Å². The lowest BCUT2D eigenvalue weighted by molar-refractivity contribution is 1.41. The van der Waals surface area contributed by atoms with Crippen LogP contribution in [0.25, 0.3) is 0 Å². The van der Waals surface area contributed by atoms with E-state index in [1.54, 1.807) is 16.4 Å². The largest absolute Gasteiger partial charge is 0.138 e. The fourth-order valence-electron chi connectivity index (χ4n) is 3.23. The maximum atomic E-state index is 2.38. The van der Waals surface area contributed by atoms with E-state index in [2.05, 4.69) is 60.4 Å². The van der Waals surface area contributed by atoms with Crippen LogP contribution in [0.1, 0.15) is 11.1 Å². The van der Waals surface area contributed by atoms with Crippen molar-refractivity contribution in [2.75, 3.05) is 0 Å². The molecule has 0 saturated heterocycles. The molecule has 0 radical (unpaired) electrons. The first-order valence-corrected chi connectivity index (χ1v) is 7.49. The number of hydrogen-bond donors (Lipinski definition) is 0. The van der Waals surface area contributed by atoms with Gasteiger partial charge in [0.1, 0.15) is 15.0 Å². The van der Waals surface area contributed by atoms with Gasteiger partial charge in [-0.2, -0.15) is 0 Å². The molecule has 0 fully saturated rings. The van der Waals surface area contributed by atoms with Gasteiger partial charge in [-0.3, -0.25) is 0 Å². The molecule has 0 atom stereocenters. The zero-order valence-corrected chi connectivity index (χ0v) is 13.6. The highest BCUT2D eigenvalue weighted by molar-refractivity contribution is 7.52. The molecular weight excluding hydrogens is 204 g/mol. The van der Waals surface area contributed by atoms with Gasteiger partial charge in [0.2, 0.25) is 0 Å². The second-order valence-electron chi connectivity index (χ2n) is 6.00. The van der Waals surface area contributed by atoms with Crippen molar-refractivity contribution >= 4 is 95.6 Å². The van der Waals surface area contributed by atoms with Crippen molar-refractivity contribution in [3.05, 3.63) is 11.1 Å². The van der Waals surface area contributed by atoms with Gasteiger partial charge in [-0.05, 0) is 13.8 Å². The van der Waals surface area contributed by atoms with Gasteiger partial charge in [-0.15, -0.1) is 16.4 Å². The molecule has 1 aromatic rings. The Morgan fingerprint density at radius 3 is 1.89 bits per heavy atom. The molecule has 1 aromatic carbocycles. The van der Waals surface area contributed by atoms with Crippen LogP contribution >= 0.6 is 0 Å². The monoisotopic (exact) mass is 226 g/mol. The molecular formula is C8H20B10. The maximum absolute atomic E-state index is 2.38. The summed E-state index contributed by atoms with van der Waals surface area (Å²) in [5.74, 6) is 0. The van der Waals surface area contributed by atoms with Crippen molar-refractivity contribution in [3.8, 4) is 0 Å². The van der Waals surface area contributed by atoms with E-state index in [0.717, 1.165) is 7.17 Å². The van der Waals surface area contributed by atoms with E-state index in [4.69, 9.17) is 0 Å². The molecule has 10 heteroatoms. The first-order valence-electron chi connectivity index (χ1n) is 7.49. The van der Waals surface area contributed by atoms with Crippen molar-refractivity contribution in [2.45, 2.75) is 13.8 Å². The third-order valence-electron chi connectivity index (χ3n) is 4.63. The number of hydrogen-bond acceptors (Lipinski definition) is 0. The van der Waals surface area contributed by atoms with Gasteiger partial charge in [-0.1, -0.05) is 16.6 Å². The van der Waals surface area contributed by atoms with Crippen LogP contribution in [0.2, 0.25) is 0 Å². The molecule has 0 amide bonds. The van der Waals surface area contributed by atoms with E-state index in [0.29, 0.717) is 13.0 Å². The third-order valence-corrected chi connectivity index (χ3v) is 4.63. The summed E-state index contributed by atoms with van der Waals surface area (Å²) in [5, 5.41) is 0. The van der Waals surface area contributed by atoms with Crippen LogP contribution in [-0.4, -0.2) is 73.8 Å². The Morgan fingerprint density at radius 2 is 1.50 bits per heavy atom. The lowest BCUT2D eigenvalue weighted by Gasteiger charge is -2.27. The lowest BCUT2D eigenvalue weighted by Crippen LogP contribution is -2.65. The third kappa shape index (κ3) is 2.73. The topological polar surface area (TPSA) is 0 Å². The molecule has 0 aliphatic heterocycles. The summed E-state index contributed by atoms with van der Waals surface area (Å²) < 4.78 is 0. The molecule has 0 unspecified atom stereocenters. The number of benzene rings is 1. The minimum absolute atomic E-state index is 0.627. The smallest absolute Gasteiger partial charge is 0.111 e. The first kappa shape index (κ1) is 15.9. The fraction of sp³-hybridized carbons (Fsp3) is 0.250. The van der Waals surface area contributed by atoms with E-state index >= 15 is 0 Å². The minimum atomic E-state index is 0.627. The van der Waals surface area contributed by atoms with Gasteiger partial charge >= 0.3 is 0 Å². The molecule has 0 nitrogen and oxygen atoms in total. The second kappa shape index (κ2) is 6.35.